The smallest absolute Gasteiger partial charge is 0.0180 e. The van der Waals surface area contributed by atoms with Gasteiger partial charge in [-0.2, -0.15) is 0 Å². The van der Waals surface area contributed by atoms with Gasteiger partial charge in [-0.3, -0.25) is 0 Å². The van der Waals surface area contributed by atoms with E-state index in [0.29, 0.717) is 5.41 Å². The highest BCUT2D eigenvalue weighted by Gasteiger charge is 2.23. The molecule has 0 nitrogen and oxygen atoms in total. The van der Waals surface area contributed by atoms with Crippen LogP contribution in [0.4, 0.5) is 0 Å². The predicted molar refractivity (Wildman–Crippen MR) is 64.3 cm³/mol. The minimum Gasteiger partial charge on any atom is -0.0799 e. The Balaban J connectivity index is 2.67. The van der Waals surface area contributed by atoms with Gasteiger partial charge in [-0.05, 0) is 30.6 Å². The van der Waals surface area contributed by atoms with Crippen molar-refractivity contribution < 1.29 is 0 Å². The van der Waals surface area contributed by atoms with Crippen LogP contribution in [0.5, 0.6) is 0 Å². The van der Waals surface area contributed by atoms with Crippen molar-refractivity contribution in [2.24, 2.45) is 17.3 Å². The molecule has 0 aromatic rings. The molecule has 0 aromatic carbocycles. The van der Waals surface area contributed by atoms with Crippen LogP contribution in [0, 0.1) is 17.3 Å². The Morgan fingerprint density at radius 2 is 1.71 bits per heavy atom. The van der Waals surface area contributed by atoms with Crippen LogP contribution in [0.1, 0.15) is 60.3 Å². The van der Waals surface area contributed by atoms with Crippen molar-refractivity contribution in [3.8, 4) is 0 Å². The Hall–Kier alpha value is -0.260. The van der Waals surface area contributed by atoms with E-state index in [1.54, 1.807) is 5.57 Å². The SMILES string of the molecule is C/C(=C/C(C)(C)C)C1CCCCC1C. The Labute approximate surface area is 89.8 Å². The van der Waals surface area contributed by atoms with E-state index >= 15 is 0 Å². The van der Waals surface area contributed by atoms with Crippen LogP contribution in [0.25, 0.3) is 0 Å². The third kappa shape index (κ3) is 3.48. The summed E-state index contributed by atoms with van der Waals surface area (Å²) in [6.45, 7) is 11.6. The van der Waals surface area contributed by atoms with Gasteiger partial charge in [0.1, 0.15) is 0 Å². The van der Waals surface area contributed by atoms with Crippen LogP contribution >= 0.6 is 0 Å². The van der Waals surface area contributed by atoms with Crippen molar-refractivity contribution in [2.45, 2.75) is 60.3 Å². The van der Waals surface area contributed by atoms with Crippen molar-refractivity contribution in [1.29, 1.82) is 0 Å². The van der Waals surface area contributed by atoms with Crippen molar-refractivity contribution in [1.82, 2.24) is 0 Å². The summed E-state index contributed by atoms with van der Waals surface area (Å²) in [4.78, 5) is 0. The van der Waals surface area contributed by atoms with Gasteiger partial charge in [-0.15, -0.1) is 0 Å². The molecule has 0 N–H and O–H groups in total. The van der Waals surface area contributed by atoms with E-state index in [4.69, 9.17) is 0 Å². The van der Waals surface area contributed by atoms with Gasteiger partial charge in [0.2, 0.25) is 0 Å². The maximum Gasteiger partial charge on any atom is -0.0180 e. The standard InChI is InChI=1S/C14H26/c1-11-8-6-7-9-13(11)12(2)10-14(3,4)5/h10-11,13H,6-9H2,1-5H3/b12-10-. The molecular weight excluding hydrogens is 168 g/mol. The van der Waals surface area contributed by atoms with Crippen LogP contribution < -0.4 is 0 Å². The average molecular weight is 194 g/mol. The molecule has 0 aliphatic heterocycles. The molecule has 0 amide bonds. The molecule has 2 unspecified atom stereocenters. The van der Waals surface area contributed by atoms with Gasteiger partial charge in [0.15, 0.2) is 0 Å². The van der Waals surface area contributed by atoms with Crippen molar-refractivity contribution in [2.75, 3.05) is 0 Å². The first-order chi connectivity index (χ1) is 6.40. The summed E-state index contributed by atoms with van der Waals surface area (Å²) < 4.78 is 0. The van der Waals surface area contributed by atoms with Gasteiger partial charge in [0.25, 0.3) is 0 Å². The van der Waals surface area contributed by atoms with E-state index in [1.807, 2.05) is 0 Å². The molecule has 82 valence electrons. The first-order valence-corrected chi connectivity index (χ1v) is 6.09. The topological polar surface area (TPSA) is 0 Å². The van der Waals surface area contributed by atoms with Crippen molar-refractivity contribution in [3.05, 3.63) is 11.6 Å². The maximum atomic E-state index is 2.47. The second kappa shape index (κ2) is 4.51. The third-order valence-corrected chi connectivity index (χ3v) is 3.36. The fourth-order valence-electron chi connectivity index (χ4n) is 2.78. The summed E-state index contributed by atoms with van der Waals surface area (Å²) in [5, 5.41) is 0. The number of hydrogen-bond donors (Lipinski definition) is 0. The number of rotatable bonds is 1. The fourth-order valence-corrected chi connectivity index (χ4v) is 2.78. The zero-order valence-corrected chi connectivity index (χ0v) is 10.6. The average Bonchev–Trinajstić information content (AvgIpc) is 2.01. The minimum atomic E-state index is 0.348. The second-order valence-corrected chi connectivity index (χ2v) is 6.12. The molecule has 1 saturated carbocycles. The third-order valence-electron chi connectivity index (χ3n) is 3.36. The lowest BCUT2D eigenvalue weighted by Gasteiger charge is -2.31. The molecule has 0 radical (unpaired) electrons. The Kier molecular flexibility index (Phi) is 3.80. The Bertz CT molecular complexity index is 205. The summed E-state index contributed by atoms with van der Waals surface area (Å²) in [6, 6.07) is 0. The molecule has 1 rings (SSSR count). The van der Waals surface area contributed by atoms with Crippen LogP contribution in [-0.2, 0) is 0 Å². The van der Waals surface area contributed by atoms with E-state index in [9.17, 15) is 0 Å². The summed E-state index contributed by atoms with van der Waals surface area (Å²) in [5.74, 6) is 1.77. The Morgan fingerprint density at radius 3 is 2.21 bits per heavy atom. The van der Waals surface area contributed by atoms with E-state index < -0.39 is 0 Å². The lowest BCUT2D eigenvalue weighted by Crippen LogP contribution is -2.19. The molecule has 0 aromatic heterocycles. The lowest BCUT2D eigenvalue weighted by atomic mass is 9.75. The molecule has 1 aliphatic carbocycles. The molecule has 0 bridgehead atoms. The molecule has 0 heteroatoms. The van der Waals surface area contributed by atoms with Gasteiger partial charge < -0.3 is 0 Å². The summed E-state index contributed by atoms with van der Waals surface area (Å²) >= 11 is 0. The van der Waals surface area contributed by atoms with Gasteiger partial charge >= 0.3 is 0 Å². The van der Waals surface area contributed by atoms with Crippen LogP contribution in [0.2, 0.25) is 0 Å². The molecular formula is C14H26. The second-order valence-electron chi connectivity index (χ2n) is 6.12. The summed E-state index contributed by atoms with van der Waals surface area (Å²) in [6.07, 6.45) is 8.20. The summed E-state index contributed by atoms with van der Waals surface area (Å²) in [5.41, 5.74) is 1.98. The van der Waals surface area contributed by atoms with E-state index in [-0.39, 0.29) is 0 Å². The first-order valence-electron chi connectivity index (χ1n) is 6.09. The van der Waals surface area contributed by atoms with Crippen molar-refractivity contribution in [3.63, 3.8) is 0 Å². The number of hydrogen-bond acceptors (Lipinski definition) is 0. The molecule has 0 saturated heterocycles. The minimum absolute atomic E-state index is 0.348. The lowest BCUT2D eigenvalue weighted by molar-refractivity contribution is 0.290. The van der Waals surface area contributed by atoms with Gasteiger partial charge in [0.05, 0.1) is 0 Å². The normalized spacial score (nSPS) is 30.5. The monoisotopic (exact) mass is 194 g/mol. The predicted octanol–water partition coefficient (Wildman–Crippen LogP) is 4.81. The van der Waals surface area contributed by atoms with Gasteiger partial charge in [-0.25, -0.2) is 0 Å². The molecule has 2 atom stereocenters. The molecule has 0 heterocycles. The van der Waals surface area contributed by atoms with Crippen LogP contribution in [0.15, 0.2) is 11.6 Å². The van der Waals surface area contributed by atoms with E-state index in [1.165, 1.54) is 25.7 Å². The maximum absolute atomic E-state index is 2.47. The van der Waals surface area contributed by atoms with Crippen LogP contribution in [0.3, 0.4) is 0 Å². The summed E-state index contributed by atoms with van der Waals surface area (Å²) in [7, 11) is 0. The van der Waals surface area contributed by atoms with Crippen LogP contribution in [-0.4, -0.2) is 0 Å². The fraction of sp³-hybridized carbons (Fsp3) is 0.857. The highest BCUT2D eigenvalue weighted by atomic mass is 14.3. The molecule has 14 heavy (non-hydrogen) atoms. The highest BCUT2D eigenvalue weighted by molar-refractivity contribution is 5.09. The quantitative estimate of drug-likeness (QED) is 0.526. The Morgan fingerprint density at radius 1 is 1.14 bits per heavy atom. The van der Waals surface area contributed by atoms with Crippen molar-refractivity contribution >= 4 is 0 Å². The molecule has 1 aliphatic rings. The zero-order chi connectivity index (χ0) is 10.8. The first kappa shape index (κ1) is 11.8. The highest BCUT2D eigenvalue weighted by Crippen LogP contribution is 2.36. The largest absolute Gasteiger partial charge is 0.0799 e. The zero-order valence-electron chi connectivity index (χ0n) is 10.6. The van der Waals surface area contributed by atoms with Gasteiger partial charge in [0, 0.05) is 0 Å². The molecule has 0 spiro atoms. The molecule has 1 fully saturated rings. The van der Waals surface area contributed by atoms with Gasteiger partial charge in [-0.1, -0.05) is 58.6 Å². The van der Waals surface area contributed by atoms with E-state index in [0.717, 1.165) is 11.8 Å². The van der Waals surface area contributed by atoms with E-state index in [2.05, 4.69) is 40.7 Å². The number of allylic oxidation sites excluding steroid dienone is 2.